The van der Waals surface area contributed by atoms with Crippen molar-refractivity contribution in [3.63, 3.8) is 0 Å². The molecule has 0 saturated carbocycles. The van der Waals surface area contributed by atoms with E-state index in [1.54, 1.807) is 37.3 Å². The van der Waals surface area contributed by atoms with Crippen LogP contribution < -0.4 is 10.1 Å². The largest absolute Gasteiger partial charge is 0.491 e. The molecule has 1 amide bonds. The van der Waals surface area contributed by atoms with E-state index in [4.69, 9.17) is 4.74 Å². The Morgan fingerprint density at radius 3 is 2.62 bits per heavy atom. The second-order valence-electron chi connectivity index (χ2n) is 5.49. The minimum absolute atomic E-state index is 0.285. The van der Waals surface area contributed by atoms with Gasteiger partial charge in [-0.2, -0.15) is 0 Å². The first kappa shape index (κ1) is 17.7. The van der Waals surface area contributed by atoms with Gasteiger partial charge in [0.15, 0.2) is 5.78 Å². The lowest BCUT2D eigenvalue weighted by atomic mass is 10.0. The number of benzene rings is 1. The summed E-state index contributed by atoms with van der Waals surface area (Å²) in [5.74, 6) is -0.907. The van der Waals surface area contributed by atoms with Gasteiger partial charge in [-0.3, -0.25) is 14.6 Å². The van der Waals surface area contributed by atoms with E-state index < -0.39 is 5.92 Å². The molecule has 2 aromatic rings. The van der Waals surface area contributed by atoms with E-state index in [-0.39, 0.29) is 17.4 Å². The average molecular weight is 326 g/mol. The molecule has 1 unspecified atom stereocenters. The molecule has 0 spiro atoms. The Bertz CT molecular complexity index is 686. The second-order valence-corrected chi connectivity index (χ2v) is 5.49. The zero-order valence-corrected chi connectivity index (χ0v) is 14.0. The highest BCUT2D eigenvalue weighted by Crippen LogP contribution is 2.25. The van der Waals surface area contributed by atoms with E-state index in [1.807, 2.05) is 12.1 Å². The number of anilines is 1. The fourth-order valence-corrected chi connectivity index (χ4v) is 2.11. The molecule has 0 aliphatic heterocycles. The zero-order chi connectivity index (χ0) is 17.4. The van der Waals surface area contributed by atoms with Gasteiger partial charge in [0.1, 0.15) is 17.4 Å². The van der Waals surface area contributed by atoms with Crippen LogP contribution in [0.4, 0.5) is 5.69 Å². The highest BCUT2D eigenvalue weighted by molar-refractivity contribution is 6.12. The maximum atomic E-state index is 12.4. The first-order valence-electron chi connectivity index (χ1n) is 8.11. The molecule has 24 heavy (non-hydrogen) atoms. The minimum Gasteiger partial charge on any atom is -0.491 e. The first-order valence-corrected chi connectivity index (χ1v) is 8.11. The number of carbonyl (C=O) groups is 2. The Morgan fingerprint density at radius 1 is 1.17 bits per heavy atom. The van der Waals surface area contributed by atoms with Crippen molar-refractivity contribution in [2.75, 3.05) is 11.9 Å². The number of unbranched alkanes of at least 4 members (excludes halogenated alkanes) is 1. The van der Waals surface area contributed by atoms with Crippen LogP contribution in [0.5, 0.6) is 5.75 Å². The Kier molecular flexibility index (Phi) is 6.49. The van der Waals surface area contributed by atoms with Crippen LogP contribution in [0, 0.1) is 5.92 Å². The van der Waals surface area contributed by atoms with Crippen molar-refractivity contribution >= 4 is 17.4 Å². The summed E-state index contributed by atoms with van der Waals surface area (Å²) < 4.78 is 5.69. The van der Waals surface area contributed by atoms with Gasteiger partial charge in [-0.1, -0.05) is 31.5 Å². The summed E-state index contributed by atoms with van der Waals surface area (Å²) in [6, 6.07) is 12.3. The van der Waals surface area contributed by atoms with Gasteiger partial charge >= 0.3 is 0 Å². The zero-order valence-electron chi connectivity index (χ0n) is 14.0. The van der Waals surface area contributed by atoms with Gasteiger partial charge in [-0.05, 0) is 37.6 Å². The number of pyridine rings is 1. The summed E-state index contributed by atoms with van der Waals surface area (Å²) in [5.41, 5.74) is 0.854. The van der Waals surface area contributed by atoms with Crippen molar-refractivity contribution in [3.05, 3.63) is 54.4 Å². The molecule has 1 heterocycles. The topological polar surface area (TPSA) is 68.3 Å². The predicted octanol–water partition coefficient (Wildman–Crippen LogP) is 3.72. The number of nitrogens with zero attached hydrogens (tertiary/aromatic N) is 1. The molecule has 0 aliphatic carbocycles. The summed E-state index contributed by atoms with van der Waals surface area (Å²) in [6.45, 7) is 4.25. The number of nitrogens with one attached hydrogen (secondary N) is 1. The Balaban J connectivity index is 2.05. The third-order valence-electron chi connectivity index (χ3n) is 3.60. The Morgan fingerprint density at radius 2 is 1.92 bits per heavy atom. The lowest BCUT2D eigenvalue weighted by Crippen LogP contribution is -2.28. The van der Waals surface area contributed by atoms with Crippen molar-refractivity contribution in [2.45, 2.75) is 26.7 Å². The number of ether oxygens (including phenoxy) is 1. The van der Waals surface area contributed by atoms with Crippen LogP contribution in [-0.2, 0) is 4.79 Å². The molecule has 1 atom stereocenters. The molecule has 1 aromatic heterocycles. The average Bonchev–Trinajstić information content (AvgIpc) is 2.62. The molecule has 126 valence electrons. The molecule has 0 radical (unpaired) electrons. The summed E-state index contributed by atoms with van der Waals surface area (Å²) in [4.78, 5) is 28.7. The van der Waals surface area contributed by atoms with Crippen molar-refractivity contribution in [1.29, 1.82) is 0 Å². The Labute approximate surface area is 142 Å². The van der Waals surface area contributed by atoms with Crippen molar-refractivity contribution in [1.82, 2.24) is 4.98 Å². The molecule has 2 rings (SSSR count). The summed E-state index contributed by atoms with van der Waals surface area (Å²) in [5, 5.41) is 2.78. The molecule has 0 fully saturated rings. The molecular formula is C19H22N2O3. The van der Waals surface area contributed by atoms with Crippen LogP contribution in [0.1, 0.15) is 37.2 Å². The van der Waals surface area contributed by atoms with E-state index in [0.29, 0.717) is 18.0 Å². The number of para-hydroxylation sites is 2. The van der Waals surface area contributed by atoms with Crippen molar-refractivity contribution < 1.29 is 14.3 Å². The number of ketones is 1. The van der Waals surface area contributed by atoms with E-state index >= 15 is 0 Å². The van der Waals surface area contributed by atoms with E-state index in [9.17, 15) is 9.59 Å². The quantitative estimate of drug-likeness (QED) is 0.456. The lowest BCUT2D eigenvalue weighted by molar-refractivity contribution is -0.118. The van der Waals surface area contributed by atoms with Crippen LogP contribution in [0.2, 0.25) is 0 Å². The molecular weight excluding hydrogens is 304 g/mol. The first-order chi connectivity index (χ1) is 11.6. The van der Waals surface area contributed by atoms with E-state index in [0.717, 1.165) is 12.8 Å². The molecule has 0 saturated heterocycles. The van der Waals surface area contributed by atoms with E-state index in [2.05, 4.69) is 17.2 Å². The van der Waals surface area contributed by atoms with Gasteiger partial charge in [0.05, 0.1) is 12.3 Å². The molecule has 5 heteroatoms. The summed E-state index contributed by atoms with van der Waals surface area (Å²) in [7, 11) is 0. The lowest BCUT2D eigenvalue weighted by Gasteiger charge is -2.14. The molecule has 1 N–H and O–H groups in total. The van der Waals surface area contributed by atoms with Crippen LogP contribution >= 0.6 is 0 Å². The van der Waals surface area contributed by atoms with Gasteiger partial charge in [-0.15, -0.1) is 0 Å². The van der Waals surface area contributed by atoms with Crippen LogP contribution in [0.25, 0.3) is 0 Å². The predicted molar refractivity (Wildman–Crippen MR) is 93.2 cm³/mol. The van der Waals surface area contributed by atoms with Crippen LogP contribution in [0.3, 0.4) is 0 Å². The van der Waals surface area contributed by atoms with Crippen LogP contribution in [0.15, 0.2) is 48.7 Å². The SMILES string of the molecule is CCCCOc1ccccc1NC(=O)C(C)C(=O)c1ccccn1. The third kappa shape index (κ3) is 4.65. The number of Topliss-reactive ketones (excluding diaryl/α,β-unsaturated/α-hetero) is 1. The smallest absolute Gasteiger partial charge is 0.235 e. The second kappa shape index (κ2) is 8.82. The standard InChI is InChI=1S/C19H22N2O3/c1-3-4-13-24-17-11-6-5-9-15(17)21-19(23)14(2)18(22)16-10-7-8-12-20-16/h5-12,14H,3-4,13H2,1-2H3,(H,21,23). The number of aromatic nitrogens is 1. The van der Waals surface area contributed by atoms with Crippen molar-refractivity contribution in [2.24, 2.45) is 5.92 Å². The van der Waals surface area contributed by atoms with Gasteiger partial charge in [0.2, 0.25) is 5.91 Å². The van der Waals surface area contributed by atoms with Crippen molar-refractivity contribution in [3.8, 4) is 5.75 Å². The minimum atomic E-state index is -0.830. The molecule has 0 aliphatic rings. The monoisotopic (exact) mass is 326 g/mol. The number of amides is 1. The fraction of sp³-hybridized carbons (Fsp3) is 0.316. The number of carbonyl (C=O) groups excluding carboxylic acids is 2. The Hall–Kier alpha value is -2.69. The number of hydrogen-bond acceptors (Lipinski definition) is 4. The number of rotatable bonds is 8. The molecule has 5 nitrogen and oxygen atoms in total. The van der Waals surface area contributed by atoms with Crippen LogP contribution in [-0.4, -0.2) is 23.3 Å². The van der Waals surface area contributed by atoms with Gasteiger partial charge < -0.3 is 10.1 Å². The summed E-state index contributed by atoms with van der Waals surface area (Å²) in [6.07, 6.45) is 3.51. The highest BCUT2D eigenvalue weighted by atomic mass is 16.5. The normalized spacial score (nSPS) is 11.6. The van der Waals surface area contributed by atoms with Gasteiger partial charge in [0.25, 0.3) is 0 Å². The highest BCUT2D eigenvalue weighted by Gasteiger charge is 2.24. The van der Waals surface area contributed by atoms with Gasteiger partial charge in [0, 0.05) is 6.20 Å². The fourth-order valence-electron chi connectivity index (χ4n) is 2.11. The molecule has 1 aromatic carbocycles. The number of hydrogen-bond donors (Lipinski definition) is 1. The maximum absolute atomic E-state index is 12.4. The third-order valence-corrected chi connectivity index (χ3v) is 3.60. The summed E-state index contributed by atoms with van der Waals surface area (Å²) >= 11 is 0. The van der Waals surface area contributed by atoms with Gasteiger partial charge in [-0.25, -0.2) is 0 Å². The maximum Gasteiger partial charge on any atom is 0.235 e. The molecule has 0 bridgehead atoms. The van der Waals surface area contributed by atoms with E-state index in [1.165, 1.54) is 6.20 Å².